The Bertz CT molecular complexity index is 96.3. The second-order valence-corrected chi connectivity index (χ2v) is 0.268. The summed E-state index contributed by atoms with van der Waals surface area (Å²) in [6, 6.07) is 0. The van der Waals surface area contributed by atoms with E-state index in [1.807, 2.05) is 0 Å². The molecule has 0 unspecified atom stereocenters. The fourth-order valence-corrected chi connectivity index (χ4v) is 0. The molecule has 0 spiro atoms. The van der Waals surface area contributed by atoms with Crippen LogP contribution in [-0.2, 0) is 0 Å². The van der Waals surface area contributed by atoms with Gasteiger partial charge in [0.1, 0.15) is 0 Å². The molecular weight excluding hydrogens is 278 g/mol. The molecule has 0 aromatic rings. The van der Waals surface area contributed by atoms with Gasteiger partial charge in [0.15, 0.2) is 0 Å². The van der Waals surface area contributed by atoms with E-state index in [4.69, 9.17) is 33.2 Å². The first-order valence-corrected chi connectivity index (χ1v) is 1.20. The van der Waals surface area contributed by atoms with Gasteiger partial charge in [0.2, 0.25) is 0 Å². The van der Waals surface area contributed by atoms with Crippen LogP contribution in [0.1, 0.15) is 0 Å². The molecule has 9 nitrogen and oxygen atoms in total. The van der Waals surface area contributed by atoms with Gasteiger partial charge in [-0.15, -0.1) is 0 Å². The molecule has 0 rings (SSSR count). The molecule has 10 heteroatoms. The molecular formula is EuN9. The topological polar surface area (TPSA) is 176 Å². The Hall–Kier alpha value is -0.486. The zero-order valence-corrected chi connectivity index (χ0v) is 6.83. The molecule has 0 aliphatic heterocycles. The molecule has 0 fully saturated rings. The van der Waals surface area contributed by atoms with Crippen molar-refractivity contribution in [2.75, 3.05) is 0 Å². The van der Waals surface area contributed by atoms with Crippen molar-refractivity contribution in [3.63, 3.8) is 0 Å². The molecule has 0 saturated carbocycles. The van der Waals surface area contributed by atoms with Gasteiger partial charge in [-0.2, -0.15) is 0 Å². The van der Waals surface area contributed by atoms with Gasteiger partial charge in [-0.1, -0.05) is 0 Å². The van der Waals surface area contributed by atoms with E-state index in [0.29, 0.717) is 0 Å². The first-order chi connectivity index (χ1) is 4.24. The summed E-state index contributed by atoms with van der Waals surface area (Å²) in [6.07, 6.45) is 0. The summed E-state index contributed by atoms with van der Waals surface area (Å²) in [5.74, 6) is 0. The van der Waals surface area contributed by atoms with Crippen molar-refractivity contribution in [2.24, 2.45) is 0 Å². The molecule has 0 aliphatic carbocycles. The predicted octanol–water partition coefficient (Wildman–Crippen LogP) is 2.60. The second kappa shape index (κ2) is 76.0. The first kappa shape index (κ1) is 22.7. The molecule has 0 aromatic heterocycles. The summed E-state index contributed by atoms with van der Waals surface area (Å²) in [5, 5.41) is 0. The van der Waals surface area contributed by atoms with Crippen LogP contribution in [0.2, 0.25) is 0 Å². The van der Waals surface area contributed by atoms with E-state index in [1.165, 1.54) is 14.7 Å². The molecule has 0 aromatic carbocycles. The summed E-state index contributed by atoms with van der Waals surface area (Å²) in [5.41, 5.74) is 40.5. The maximum Gasteiger partial charge on any atom is 3.00 e. The first-order valence-electron chi connectivity index (χ1n) is 1.20. The van der Waals surface area contributed by atoms with Crippen LogP contribution in [0.4, 0.5) is 0 Å². The van der Waals surface area contributed by atoms with Gasteiger partial charge in [0, 0.05) is 0 Å². The maximum absolute atomic E-state index is 6.75. The summed E-state index contributed by atoms with van der Waals surface area (Å²) in [6.45, 7) is 0. The van der Waals surface area contributed by atoms with Crippen LogP contribution in [0.5, 0.6) is 0 Å². The van der Waals surface area contributed by atoms with Crippen molar-refractivity contribution in [2.45, 2.75) is 0 Å². The second-order valence-electron chi connectivity index (χ2n) is 0.268. The minimum Gasteiger partial charge on any atom is -0.373 e. The average molecular weight is 278 g/mol. The van der Waals surface area contributed by atoms with Gasteiger partial charge >= 0.3 is 49.4 Å². The third-order valence-corrected chi connectivity index (χ3v) is 0. The smallest absolute Gasteiger partial charge is 0.373 e. The Morgan fingerprint density at radius 1 is 0.500 bits per heavy atom. The van der Waals surface area contributed by atoms with Crippen molar-refractivity contribution >= 4 is 0 Å². The van der Waals surface area contributed by atoms with Crippen LogP contribution in [-0.4, -0.2) is 0 Å². The molecule has 10 heavy (non-hydrogen) atoms. The number of rotatable bonds is 0. The molecule has 0 heterocycles. The number of hydrogen-bond acceptors (Lipinski definition) is 0. The summed E-state index contributed by atoms with van der Waals surface area (Å²) >= 11 is 0. The van der Waals surface area contributed by atoms with Gasteiger partial charge in [0.05, 0.1) is 0 Å². The van der Waals surface area contributed by atoms with Crippen molar-refractivity contribution in [3.8, 4) is 0 Å². The van der Waals surface area contributed by atoms with Crippen LogP contribution >= 0.6 is 0 Å². The summed E-state index contributed by atoms with van der Waals surface area (Å²) < 4.78 is 0. The standard InChI is InChI=1S/Eu.3N3/c;3*1-3-2/q+3;3*-1. The molecule has 0 amide bonds. The van der Waals surface area contributed by atoms with E-state index in [-0.39, 0.29) is 49.4 Å². The van der Waals surface area contributed by atoms with Crippen molar-refractivity contribution in [1.29, 1.82) is 0 Å². The van der Waals surface area contributed by atoms with Gasteiger partial charge in [0.25, 0.3) is 0 Å². The number of nitrogens with zero attached hydrogens (tertiary/aromatic N) is 9. The summed E-state index contributed by atoms with van der Waals surface area (Å²) in [7, 11) is 0. The van der Waals surface area contributed by atoms with E-state index in [1.54, 1.807) is 0 Å². The molecule has 52 valence electrons. The fraction of sp³-hybridized carbons (Fsp3) is 0. The molecule has 0 aliphatic rings. The van der Waals surface area contributed by atoms with E-state index in [2.05, 4.69) is 0 Å². The molecule has 0 bridgehead atoms. The Morgan fingerprint density at radius 3 is 0.500 bits per heavy atom. The fourth-order valence-electron chi connectivity index (χ4n) is 0. The third-order valence-electron chi connectivity index (χ3n) is 0. The van der Waals surface area contributed by atoms with E-state index in [9.17, 15) is 0 Å². The largest absolute Gasteiger partial charge is 3.00 e. The van der Waals surface area contributed by atoms with E-state index < -0.39 is 0 Å². The average Bonchev–Trinajstić information content (AvgIpc) is 1.70. The summed E-state index contributed by atoms with van der Waals surface area (Å²) in [4.78, 5) is 4.50. The van der Waals surface area contributed by atoms with Gasteiger partial charge in [-0.25, -0.2) is 0 Å². The minimum atomic E-state index is 0. The maximum atomic E-state index is 6.75. The zero-order chi connectivity index (χ0) is 8.12. The number of hydrogen-bond donors (Lipinski definition) is 0. The van der Waals surface area contributed by atoms with Crippen LogP contribution in [0.15, 0.2) is 0 Å². The van der Waals surface area contributed by atoms with Gasteiger partial charge in [-0.3, -0.25) is 14.7 Å². The Labute approximate surface area is 96.2 Å². The van der Waals surface area contributed by atoms with Crippen LogP contribution < -0.4 is 0 Å². The van der Waals surface area contributed by atoms with Crippen molar-refractivity contribution in [3.05, 3.63) is 47.9 Å². The van der Waals surface area contributed by atoms with Gasteiger partial charge < -0.3 is 33.2 Å². The van der Waals surface area contributed by atoms with E-state index in [0.717, 1.165) is 0 Å². The van der Waals surface area contributed by atoms with Crippen LogP contribution in [0, 0.1) is 49.4 Å². The molecule has 0 saturated heterocycles. The quantitative estimate of drug-likeness (QED) is 0.359. The van der Waals surface area contributed by atoms with Crippen molar-refractivity contribution < 1.29 is 49.4 Å². The molecule has 0 atom stereocenters. The van der Waals surface area contributed by atoms with Crippen LogP contribution in [0.3, 0.4) is 0 Å². The van der Waals surface area contributed by atoms with E-state index >= 15 is 0 Å². The molecule has 0 radical (unpaired) electrons. The van der Waals surface area contributed by atoms with Gasteiger partial charge in [-0.05, 0) is 0 Å². The predicted molar refractivity (Wildman–Crippen MR) is 30.2 cm³/mol. The SMILES string of the molecule is [Eu+3].[N-]=[N+]=[N-].[N-]=[N+]=[N-].[N-]=[N+]=[N-]. The monoisotopic (exact) mass is 279 g/mol. The Balaban J connectivity index is -0.0000000257. The Kier molecular flexibility index (Phi) is 172. The normalized spacial score (nSPS) is 2.40. The third kappa shape index (κ3) is 1350. The minimum absolute atomic E-state index is 0. The van der Waals surface area contributed by atoms with Crippen molar-refractivity contribution in [1.82, 2.24) is 0 Å². The Morgan fingerprint density at radius 2 is 0.500 bits per heavy atom. The molecule has 0 N–H and O–H groups in total. The van der Waals surface area contributed by atoms with Crippen LogP contribution in [0.25, 0.3) is 47.9 Å². The zero-order valence-electron chi connectivity index (χ0n) is 4.40.